The Bertz CT molecular complexity index is 255. The van der Waals surface area contributed by atoms with Gasteiger partial charge >= 0.3 is 0 Å². The van der Waals surface area contributed by atoms with E-state index in [1.807, 2.05) is 4.90 Å². The summed E-state index contributed by atoms with van der Waals surface area (Å²) in [6, 6.07) is 0.342. The molecule has 15 heavy (non-hydrogen) atoms. The maximum Gasteiger partial charge on any atom is 0.238 e. The Labute approximate surface area is 91.1 Å². The van der Waals surface area contributed by atoms with Gasteiger partial charge in [-0.25, -0.2) is 0 Å². The van der Waals surface area contributed by atoms with Gasteiger partial charge in [0.15, 0.2) is 0 Å². The summed E-state index contributed by atoms with van der Waals surface area (Å²) in [7, 11) is 2.11. The fraction of sp³-hybridized carbons (Fsp3) is 0.818. The number of likely N-dealkylation sites (N-methyl/N-ethyl adjacent to an activating group) is 1. The summed E-state index contributed by atoms with van der Waals surface area (Å²) < 4.78 is 5.28. The lowest BCUT2D eigenvalue weighted by Crippen LogP contribution is -2.39. The zero-order valence-corrected chi connectivity index (χ0v) is 9.52. The monoisotopic (exact) mass is 212 g/mol. The van der Waals surface area contributed by atoms with Crippen molar-refractivity contribution in [3.05, 3.63) is 11.8 Å². The molecule has 4 nitrogen and oxygen atoms in total. The van der Waals surface area contributed by atoms with Crippen LogP contribution in [0, 0.1) is 0 Å². The van der Waals surface area contributed by atoms with Crippen LogP contribution in [0.1, 0.15) is 19.8 Å². The first-order valence-electron chi connectivity index (χ1n) is 5.68. The summed E-state index contributed by atoms with van der Waals surface area (Å²) in [6.07, 6.45) is 3.49. The van der Waals surface area contributed by atoms with E-state index in [1.165, 1.54) is 5.70 Å². The summed E-state index contributed by atoms with van der Waals surface area (Å²) in [4.78, 5) is 4.31. The highest BCUT2D eigenvalue weighted by Crippen LogP contribution is 2.26. The Balaban J connectivity index is 2.08. The molecule has 1 fully saturated rings. The number of hydrogen-bond donors (Lipinski definition) is 1. The third kappa shape index (κ3) is 2.17. The van der Waals surface area contributed by atoms with E-state index < -0.39 is 6.41 Å². The SMILES string of the molecule is CC[C@@H]1COC(O)N1C1=CCN(C)CC1. The van der Waals surface area contributed by atoms with Crippen LogP contribution >= 0.6 is 0 Å². The Morgan fingerprint density at radius 2 is 2.40 bits per heavy atom. The largest absolute Gasteiger partial charge is 0.351 e. The standard InChI is InChI=1S/C11H20N2O2/c1-3-9-8-15-11(14)13(9)10-4-6-12(2)7-5-10/h4,9,11,14H,3,5-8H2,1-2H3/t9-,11?/m1/s1. The van der Waals surface area contributed by atoms with E-state index in [0.717, 1.165) is 25.9 Å². The van der Waals surface area contributed by atoms with E-state index >= 15 is 0 Å². The zero-order valence-electron chi connectivity index (χ0n) is 9.52. The van der Waals surface area contributed by atoms with Crippen molar-refractivity contribution in [2.45, 2.75) is 32.2 Å². The van der Waals surface area contributed by atoms with Crippen molar-refractivity contribution in [3.8, 4) is 0 Å². The molecule has 1 N–H and O–H groups in total. The van der Waals surface area contributed by atoms with Gasteiger partial charge in [0.05, 0.1) is 12.6 Å². The highest BCUT2D eigenvalue weighted by Gasteiger charge is 2.33. The van der Waals surface area contributed by atoms with Crippen molar-refractivity contribution in [2.75, 3.05) is 26.7 Å². The van der Waals surface area contributed by atoms with Crippen LogP contribution in [0.2, 0.25) is 0 Å². The number of ether oxygens (including phenoxy) is 1. The molecule has 1 unspecified atom stereocenters. The predicted octanol–water partition coefficient (Wildman–Crippen LogP) is 0.593. The first kappa shape index (κ1) is 10.9. The van der Waals surface area contributed by atoms with Crippen molar-refractivity contribution in [1.29, 1.82) is 0 Å². The number of hydrogen-bond acceptors (Lipinski definition) is 4. The van der Waals surface area contributed by atoms with E-state index in [4.69, 9.17) is 4.74 Å². The van der Waals surface area contributed by atoms with Crippen LogP contribution < -0.4 is 0 Å². The molecule has 2 rings (SSSR count). The summed E-state index contributed by atoms with van der Waals surface area (Å²) >= 11 is 0. The van der Waals surface area contributed by atoms with Gasteiger partial charge in [0.25, 0.3) is 0 Å². The highest BCUT2D eigenvalue weighted by atomic mass is 16.6. The molecule has 1 saturated heterocycles. The summed E-state index contributed by atoms with van der Waals surface area (Å²) in [5.41, 5.74) is 1.24. The molecule has 2 atom stereocenters. The molecule has 0 saturated carbocycles. The summed E-state index contributed by atoms with van der Waals surface area (Å²) in [5.74, 6) is 0. The molecule has 0 aromatic heterocycles. The second-order valence-corrected chi connectivity index (χ2v) is 4.34. The van der Waals surface area contributed by atoms with Crippen molar-refractivity contribution < 1.29 is 9.84 Å². The van der Waals surface area contributed by atoms with Gasteiger partial charge in [-0.05, 0) is 19.9 Å². The number of aliphatic hydroxyl groups excluding tert-OH is 1. The topological polar surface area (TPSA) is 35.9 Å². The van der Waals surface area contributed by atoms with Gasteiger partial charge in [0.2, 0.25) is 6.41 Å². The van der Waals surface area contributed by atoms with Gasteiger partial charge in [0.1, 0.15) is 0 Å². The maximum absolute atomic E-state index is 9.76. The third-order valence-corrected chi connectivity index (χ3v) is 3.26. The van der Waals surface area contributed by atoms with Gasteiger partial charge in [-0.2, -0.15) is 0 Å². The molecule has 0 radical (unpaired) electrons. The van der Waals surface area contributed by atoms with Crippen LogP contribution in [0.4, 0.5) is 0 Å². The minimum atomic E-state index is -0.732. The van der Waals surface area contributed by atoms with Gasteiger partial charge in [-0.3, -0.25) is 0 Å². The average Bonchev–Trinajstić information content (AvgIpc) is 2.61. The lowest BCUT2D eigenvalue weighted by atomic mass is 10.1. The first-order chi connectivity index (χ1) is 7.22. The zero-order chi connectivity index (χ0) is 10.8. The van der Waals surface area contributed by atoms with Crippen LogP contribution in [-0.4, -0.2) is 54.1 Å². The molecule has 2 aliphatic rings. The van der Waals surface area contributed by atoms with Crippen molar-refractivity contribution in [2.24, 2.45) is 0 Å². The van der Waals surface area contributed by atoms with E-state index in [-0.39, 0.29) is 0 Å². The van der Waals surface area contributed by atoms with E-state index in [1.54, 1.807) is 0 Å². The molecular weight excluding hydrogens is 192 g/mol. The maximum atomic E-state index is 9.76. The number of aliphatic hydroxyl groups is 1. The Morgan fingerprint density at radius 1 is 1.60 bits per heavy atom. The first-order valence-corrected chi connectivity index (χ1v) is 5.68. The second-order valence-electron chi connectivity index (χ2n) is 4.34. The summed E-state index contributed by atoms with van der Waals surface area (Å²) in [5, 5.41) is 9.76. The molecule has 0 amide bonds. The van der Waals surface area contributed by atoms with E-state index in [9.17, 15) is 5.11 Å². The molecule has 0 spiro atoms. The van der Waals surface area contributed by atoms with Crippen LogP contribution in [0.15, 0.2) is 11.8 Å². The van der Waals surface area contributed by atoms with Crippen LogP contribution in [0.3, 0.4) is 0 Å². The van der Waals surface area contributed by atoms with E-state index in [0.29, 0.717) is 12.6 Å². The van der Waals surface area contributed by atoms with Gasteiger partial charge < -0.3 is 19.6 Å². The minimum Gasteiger partial charge on any atom is -0.351 e. The van der Waals surface area contributed by atoms with Crippen molar-refractivity contribution in [1.82, 2.24) is 9.80 Å². The van der Waals surface area contributed by atoms with Gasteiger partial charge in [-0.1, -0.05) is 13.0 Å². The van der Waals surface area contributed by atoms with E-state index in [2.05, 4.69) is 24.9 Å². The molecule has 0 aromatic rings. The normalized spacial score (nSPS) is 33.3. The molecule has 0 aliphatic carbocycles. The van der Waals surface area contributed by atoms with Gasteiger partial charge in [-0.15, -0.1) is 0 Å². The number of nitrogens with zero attached hydrogens (tertiary/aromatic N) is 2. The molecule has 4 heteroatoms. The Hall–Kier alpha value is -0.580. The average molecular weight is 212 g/mol. The van der Waals surface area contributed by atoms with Crippen molar-refractivity contribution >= 4 is 0 Å². The highest BCUT2D eigenvalue weighted by molar-refractivity contribution is 5.09. The molecule has 2 aliphatic heterocycles. The third-order valence-electron chi connectivity index (χ3n) is 3.26. The van der Waals surface area contributed by atoms with Crippen LogP contribution in [0.25, 0.3) is 0 Å². The van der Waals surface area contributed by atoms with Crippen LogP contribution in [-0.2, 0) is 4.74 Å². The Morgan fingerprint density at radius 3 is 3.00 bits per heavy atom. The molecule has 0 aromatic carbocycles. The predicted molar refractivity (Wildman–Crippen MR) is 58.1 cm³/mol. The quantitative estimate of drug-likeness (QED) is 0.727. The second kappa shape index (κ2) is 4.51. The minimum absolute atomic E-state index is 0.342. The van der Waals surface area contributed by atoms with Crippen molar-refractivity contribution in [3.63, 3.8) is 0 Å². The molecule has 86 valence electrons. The lowest BCUT2D eigenvalue weighted by molar-refractivity contribution is -0.125. The van der Waals surface area contributed by atoms with Gasteiger partial charge in [0, 0.05) is 18.8 Å². The molecule has 2 heterocycles. The molecular formula is C11H20N2O2. The fourth-order valence-corrected chi connectivity index (χ4v) is 2.22. The summed E-state index contributed by atoms with van der Waals surface area (Å²) in [6.45, 7) is 4.81. The molecule has 0 bridgehead atoms. The van der Waals surface area contributed by atoms with Crippen LogP contribution in [0.5, 0.6) is 0 Å². The number of rotatable bonds is 2. The lowest BCUT2D eigenvalue weighted by Gasteiger charge is -2.33. The Kier molecular flexibility index (Phi) is 3.29. The fourth-order valence-electron chi connectivity index (χ4n) is 2.22. The smallest absolute Gasteiger partial charge is 0.238 e.